The standard InChI is InChI=1S/C18H18ClN3O5S/c19-15-7-4-11(8-16(15)28(25,26)22-12-5-6-12)18(24)21-13-2-1-3-14(9-13)27-10-17(20)23/h1-4,7-9,12,22H,5-6,10H2,(H2,20,23)(H,21,24). The van der Waals surface area contributed by atoms with Gasteiger partial charge in [-0.1, -0.05) is 17.7 Å². The number of nitrogens with two attached hydrogens (primary N) is 1. The molecule has 1 aliphatic carbocycles. The number of benzene rings is 2. The number of halogens is 1. The molecule has 0 aromatic heterocycles. The smallest absolute Gasteiger partial charge is 0.255 e. The summed E-state index contributed by atoms with van der Waals surface area (Å²) >= 11 is 6.03. The molecule has 0 radical (unpaired) electrons. The molecule has 0 unspecified atom stereocenters. The second kappa shape index (κ2) is 8.17. The zero-order chi connectivity index (χ0) is 20.3. The van der Waals surface area contributed by atoms with Gasteiger partial charge in [-0.05, 0) is 43.2 Å². The van der Waals surface area contributed by atoms with Gasteiger partial charge in [-0.3, -0.25) is 9.59 Å². The predicted octanol–water partition coefficient (Wildman–Crippen LogP) is 1.90. The number of carbonyl (C=O) groups is 2. The Bertz CT molecular complexity index is 1020. The van der Waals surface area contributed by atoms with Crippen LogP contribution in [0.4, 0.5) is 5.69 Å². The molecule has 1 fully saturated rings. The molecule has 1 saturated carbocycles. The SMILES string of the molecule is NC(=O)COc1cccc(NC(=O)c2ccc(Cl)c(S(=O)(=O)NC3CC3)c2)c1. The van der Waals surface area contributed by atoms with E-state index in [1.807, 2.05) is 0 Å². The molecule has 28 heavy (non-hydrogen) atoms. The Morgan fingerprint density at radius 3 is 2.61 bits per heavy atom. The first-order chi connectivity index (χ1) is 13.2. The van der Waals surface area contributed by atoms with E-state index in [0.717, 1.165) is 12.8 Å². The maximum absolute atomic E-state index is 12.5. The average molecular weight is 424 g/mol. The molecular formula is C18H18ClN3O5S. The second-order valence-electron chi connectivity index (χ2n) is 6.28. The molecule has 8 nitrogen and oxygen atoms in total. The van der Waals surface area contributed by atoms with Crippen molar-refractivity contribution < 1.29 is 22.7 Å². The highest BCUT2D eigenvalue weighted by atomic mass is 35.5. The van der Waals surface area contributed by atoms with Gasteiger partial charge in [0.2, 0.25) is 10.0 Å². The molecule has 2 aromatic carbocycles. The summed E-state index contributed by atoms with van der Waals surface area (Å²) in [4.78, 5) is 23.2. The summed E-state index contributed by atoms with van der Waals surface area (Å²) in [5.74, 6) is -0.791. The van der Waals surface area contributed by atoms with Crippen LogP contribution in [0.15, 0.2) is 47.4 Å². The molecule has 0 heterocycles. The number of nitrogens with one attached hydrogen (secondary N) is 2. The van der Waals surface area contributed by atoms with Crippen molar-refractivity contribution in [2.45, 2.75) is 23.8 Å². The normalized spacial score (nSPS) is 13.8. The molecular weight excluding hydrogens is 406 g/mol. The van der Waals surface area contributed by atoms with Crippen LogP contribution in [-0.4, -0.2) is 32.9 Å². The van der Waals surface area contributed by atoms with Crippen molar-refractivity contribution in [2.24, 2.45) is 5.73 Å². The van der Waals surface area contributed by atoms with Gasteiger partial charge < -0.3 is 15.8 Å². The fourth-order valence-corrected chi connectivity index (χ4v) is 4.19. The van der Waals surface area contributed by atoms with Gasteiger partial charge in [0.1, 0.15) is 10.6 Å². The van der Waals surface area contributed by atoms with Gasteiger partial charge in [0.05, 0.1) is 5.02 Å². The molecule has 4 N–H and O–H groups in total. The summed E-state index contributed by atoms with van der Waals surface area (Å²) in [6.07, 6.45) is 1.57. The number of ether oxygens (including phenoxy) is 1. The van der Waals surface area contributed by atoms with E-state index >= 15 is 0 Å². The average Bonchev–Trinajstić information content (AvgIpc) is 3.43. The van der Waals surface area contributed by atoms with Gasteiger partial charge >= 0.3 is 0 Å². The van der Waals surface area contributed by atoms with Crippen molar-refractivity contribution in [3.05, 3.63) is 53.1 Å². The maximum Gasteiger partial charge on any atom is 0.255 e. The van der Waals surface area contributed by atoms with Crippen molar-refractivity contribution in [1.82, 2.24) is 4.72 Å². The number of amides is 2. The lowest BCUT2D eigenvalue weighted by Crippen LogP contribution is -2.26. The third kappa shape index (κ3) is 5.22. The van der Waals surface area contributed by atoms with Crippen molar-refractivity contribution in [1.29, 1.82) is 0 Å². The Morgan fingerprint density at radius 1 is 1.18 bits per heavy atom. The number of anilines is 1. The first-order valence-electron chi connectivity index (χ1n) is 8.39. The maximum atomic E-state index is 12.5. The van der Waals surface area contributed by atoms with E-state index < -0.39 is 21.8 Å². The lowest BCUT2D eigenvalue weighted by Gasteiger charge is -2.11. The largest absolute Gasteiger partial charge is 0.484 e. The molecule has 0 saturated heterocycles. The van der Waals surface area contributed by atoms with Crippen molar-refractivity contribution in [2.75, 3.05) is 11.9 Å². The molecule has 0 spiro atoms. The summed E-state index contributed by atoms with van der Waals surface area (Å²) in [6, 6.07) is 10.3. The molecule has 3 rings (SSSR count). The number of hydrogen-bond donors (Lipinski definition) is 3. The predicted molar refractivity (Wildman–Crippen MR) is 104 cm³/mol. The van der Waals surface area contributed by atoms with Crippen LogP contribution in [0.5, 0.6) is 5.75 Å². The number of rotatable bonds is 8. The van der Waals surface area contributed by atoms with Crippen LogP contribution in [0.2, 0.25) is 5.02 Å². The fourth-order valence-electron chi connectivity index (χ4n) is 2.36. The number of sulfonamides is 1. The van der Waals surface area contributed by atoms with Crippen molar-refractivity contribution >= 4 is 39.1 Å². The van der Waals surface area contributed by atoms with Gasteiger partial charge in [0, 0.05) is 23.4 Å². The molecule has 2 amide bonds. The minimum Gasteiger partial charge on any atom is -0.484 e. The highest BCUT2D eigenvalue weighted by Gasteiger charge is 2.29. The summed E-state index contributed by atoms with van der Waals surface area (Å²) in [5, 5.41) is 2.68. The summed E-state index contributed by atoms with van der Waals surface area (Å²) in [7, 11) is -3.80. The lowest BCUT2D eigenvalue weighted by atomic mass is 10.2. The number of primary amides is 1. The molecule has 0 aliphatic heterocycles. The molecule has 0 bridgehead atoms. The Kier molecular flexibility index (Phi) is 5.87. The summed E-state index contributed by atoms with van der Waals surface area (Å²) in [6.45, 7) is -0.288. The Morgan fingerprint density at radius 2 is 1.93 bits per heavy atom. The minimum absolute atomic E-state index is 0.0338. The van der Waals surface area contributed by atoms with Gasteiger partial charge in [0.25, 0.3) is 11.8 Å². The lowest BCUT2D eigenvalue weighted by molar-refractivity contribution is -0.119. The highest BCUT2D eigenvalue weighted by molar-refractivity contribution is 7.89. The molecule has 148 valence electrons. The fraction of sp³-hybridized carbons (Fsp3) is 0.222. The molecule has 10 heteroatoms. The van der Waals surface area contributed by atoms with E-state index in [9.17, 15) is 18.0 Å². The highest BCUT2D eigenvalue weighted by Crippen LogP contribution is 2.27. The topological polar surface area (TPSA) is 128 Å². The van der Waals surface area contributed by atoms with Crippen LogP contribution in [0.1, 0.15) is 23.2 Å². The van der Waals surface area contributed by atoms with Gasteiger partial charge in [-0.2, -0.15) is 0 Å². The van der Waals surface area contributed by atoms with Gasteiger partial charge in [-0.15, -0.1) is 0 Å². The van der Waals surface area contributed by atoms with Crippen LogP contribution >= 0.6 is 11.6 Å². The van der Waals surface area contributed by atoms with Crippen LogP contribution < -0.4 is 20.5 Å². The van der Waals surface area contributed by atoms with E-state index in [-0.39, 0.29) is 28.1 Å². The molecule has 1 aliphatic rings. The summed E-state index contributed by atoms with van der Waals surface area (Å²) in [5.41, 5.74) is 5.57. The van der Waals surface area contributed by atoms with Crippen LogP contribution in [0.3, 0.4) is 0 Å². The first kappa shape index (κ1) is 20.1. The number of carbonyl (C=O) groups excluding carboxylic acids is 2. The van der Waals surface area contributed by atoms with Crippen LogP contribution in [0, 0.1) is 0 Å². The van der Waals surface area contributed by atoms with E-state index in [1.165, 1.54) is 24.3 Å². The minimum atomic E-state index is -3.80. The zero-order valence-electron chi connectivity index (χ0n) is 14.6. The van der Waals surface area contributed by atoms with Crippen LogP contribution in [-0.2, 0) is 14.8 Å². The van der Waals surface area contributed by atoms with Gasteiger partial charge in [-0.25, -0.2) is 13.1 Å². The monoisotopic (exact) mass is 423 g/mol. The quantitative estimate of drug-likeness (QED) is 0.597. The third-order valence-corrected chi connectivity index (χ3v) is 5.86. The van der Waals surface area contributed by atoms with Crippen molar-refractivity contribution in [3.8, 4) is 5.75 Å². The second-order valence-corrected chi connectivity index (χ2v) is 8.37. The molecule has 0 atom stereocenters. The van der Waals surface area contributed by atoms with Crippen molar-refractivity contribution in [3.63, 3.8) is 0 Å². The van der Waals surface area contributed by atoms with E-state index in [4.69, 9.17) is 22.1 Å². The van der Waals surface area contributed by atoms with E-state index in [1.54, 1.807) is 18.2 Å². The third-order valence-electron chi connectivity index (χ3n) is 3.86. The van der Waals surface area contributed by atoms with Crippen LogP contribution in [0.25, 0.3) is 0 Å². The van der Waals surface area contributed by atoms with E-state index in [0.29, 0.717) is 11.4 Å². The first-order valence-corrected chi connectivity index (χ1v) is 10.2. The Balaban J connectivity index is 1.77. The zero-order valence-corrected chi connectivity index (χ0v) is 16.2. The molecule has 2 aromatic rings. The Hall–Kier alpha value is -2.62. The number of hydrogen-bond acceptors (Lipinski definition) is 5. The summed E-state index contributed by atoms with van der Waals surface area (Å²) < 4.78 is 32.6. The van der Waals surface area contributed by atoms with Gasteiger partial charge in [0.15, 0.2) is 6.61 Å². The van der Waals surface area contributed by atoms with E-state index in [2.05, 4.69) is 10.0 Å². The Labute approximate surface area is 167 Å².